The summed E-state index contributed by atoms with van der Waals surface area (Å²) in [5, 5.41) is 0.629. The van der Waals surface area contributed by atoms with Crippen molar-refractivity contribution in [1.29, 1.82) is 0 Å². The summed E-state index contributed by atoms with van der Waals surface area (Å²) < 4.78 is 11.5. The van der Waals surface area contributed by atoms with Crippen LogP contribution in [0.25, 0.3) is 0 Å². The zero-order valence-electron chi connectivity index (χ0n) is 13.8. The molecule has 2 aliphatic rings. The van der Waals surface area contributed by atoms with Gasteiger partial charge in [0.25, 0.3) is 0 Å². The lowest BCUT2D eigenvalue weighted by molar-refractivity contribution is 0.0600. The summed E-state index contributed by atoms with van der Waals surface area (Å²) in [4.78, 5) is 14.2. The number of likely N-dealkylation sites (tertiary alicyclic amines) is 1. The van der Waals surface area contributed by atoms with Crippen LogP contribution in [0.1, 0.15) is 18.4 Å². The highest BCUT2D eigenvalue weighted by Crippen LogP contribution is 2.45. The number of halogens is 1. The standard InChI is InChI=1S/C20H20ClNO3/c21-16-8-4-5-9-19(16)25-18-10-11-22(17-12-15(17)18)20(23)24-13-14-6-2-1-3-7-14/h1-9,15,17-18H,10-13H2. The molecule has 25 heavy (non-hydrogen) atoms. The van der Waals surface area contributed by atoms with E-state index in [0.29, 0.717) is 24.1 Å². The predicted octanol–water partition coefficient (Wildman–Crippen LogP) is 4.52. The number of para-hydroxylation sites is 1. The molecule has 0 spiro atoms. The maximum absolute atomic E-state index is 12.4. The van der Waals surface area contributed by atoms with E-state index in [-0.39, 0.29) is 18.2 Å². The second-order valence-corrected chi connectivity index (χ2v) is 6.98. The number of benzene rings is 2. The first-order valence-corrected chi connectivity index (χ1v) is 8.98. The fourth-order valence-electron chi connectivity index (χ4n) is 3.48. The van der Waals surface area contributed by atoms with Crippen LogP contribution in [0.4, 0.5) is 4.79 Å². The van der Waals surface area contributed by atoms with Crippen molar-refractivity contribution in [3.8, 4) is 5.75 Å². The number of hydrogen-bond donors (Lipinski definition) is 0. The third-order valence-corrected chi connectivity index (χ3v) is 5.20. The molecule has 3 atom stereocenters. The summed E-state index contributed by atoms with van der Waals surface area (Å²) in [6.45, 7) is 0.969. The minimum absolute atomic E-state index is 0.114. The molecule has 1 amide bonds. The summed E-state index contributed by atoms with van der Waals surface area (Å²) in [5.74, 6) is 1.09. The van der Waals surface area contributed by atoms with Crippen molar-refractivity contribution in [3.63, 3.8) is 0 Å². The maximum Gasteiger partial charge on any atom is 0.410 e. The Bertz CT molecular complexity index is 752. The van der Waals surface area contributed by atoms with Crippen LogP contribution in [0, 0.1) is 5.92 Å². The number of carbonyl (C=O) groups is 1. The van der Waals surface area contributed by atoms with Gasteiger partial charge in [0.1, 0.15) is 18.5 Å². The first kappa shape index (κ1) is 16.3. The van der Waals surface area contributed by atoms with Crippen LogP contribution in [0.2, 0.25) is 5.02 Å². The van der Waals surface area contributed by atoms with E-state index in [1.807, 2.05) is 59.5 Å². The second kappa shape index (κ2) is 6.96. The van der Waals surface area contributed by atoms with Crippen molar-refractivity contribution in [2.24, 2.45) is 5.92 Å². The average molecular weight is 358 g/mol. The Kier molecular flexibility index (Phi) is 4.53. The maximum atomic E-state index is 12.4. The zero-order valence-corrected chi connectivity index (χ0v) is 14.6. The third-order valence-electron chi connectivity index (χ3n) is 4.89. The smallest absolute Gasteiger partial charge is 0.410 e. The Morgan fingerprint density at radius 1 is 1.12 bits per heavy atom. The minimum atomic E-state index is -0.229. The van der Waals surface area contributed by atoms with Gasteiger partial charge in [-0.1, -0.05) is 54.1 Å². The molecule has 4 nitrogen and oxygen atoms in total. The van der Waals surface area contributed by atoms with Gasteiger partial charge < -0.3 is 14.4 Å². The zero-order chi connectivity index (χ0) is 17.2. The average Bonchev–Trinajstić information content (AvgIpc) is 3.44. The topological polar surface area (TPSA) is 38.8 Å². The summed E-state index contributed by atoms with van der Waals surface area (Å²) in [6, 6.07) is 17.5. The van der Waals surface area contributed by atoms with E-state index in [9.17, 15) is 4.79 Å². The number of hydrogen-bond acceptors (Lipinski definition) is 3. The lowest BCUT2D eigenvalue weighted by Crippen LogP contribution is -2.43. The van der Waals surface area contributed by atoms with Crippen LogP contribution in [0.5, 0.6) is 5.75 Å². The van der Waals surface area contributed by atoms with Gasteiger partial charge in [0, 0.05) is 24.9 Å². The summed E-state index contributed by atoms with van der Waals surface area (Å²) >= 11 is 6.17. The largest absolute Gasteiger partial charge is 0.488 e. The molecule has 1 heterocycles. The van der Waals surface area contributed by atoms with Crippen molar-refractivity contribution in [2.75, 3.05) is 6.54 Å². The van der Waals surface area contributed by atoms with Crippen LogP contribution in [-0.2, 0) is 11.3 Å². The fraction of sp³-hybridized carbons (Fsp3) is 0.350. The van der Waals surface area contributed by atoms with Crippen molar-refractivity contribution in [3.05, 3.63) is 65.2 Å². The molecule has 2 fully saturated rings. The molecule has 4 rings (SSSR count). The van der Waals surface area contributed by atoms with E-state index >= 15 is 0 Å². The van der Waals surface area contributed by atoms with Gasteiger partial charge in [-0.3, -0.25) is 0 Å². The van der Waals surface area contributed by atoms with Gasteiger partial charge in [-0.25, -0.2) is 4.79 Å². The Morgan fingerprint density at radius 3 is 2.68 bits per heavy atom. The Labute approximate surface area is 152 Å². The molecule has 1 aliphatic heterocycles. The highest BCUT2D eigenvalue weighted by molar-refractivity contribution is 6.32. The van der Waals surface area contributed by atoms with E-state index in [2.05, 4.69) is 0 Å². The molecule has 0 radical (unpaired) electrons. The van der Waals surface area contributed by atoms with Crippen molar-refractivity contribution >= 4 is 17.7 Å². The number of ether oxygens (including phenoxy) is 2. The van der Waals surface area contributed by atoms with Gasteiger partial charge >= 0.3 is 6.09 Å². The Balaban J connectivity index is 1.31. The molecule has 1 saturated carbocycles. The lowest BCUT2D eigenvalue weighted by Gasteiger charge is -2.31. The molecule has 0 aromatic heterocycles. The van der Waals surface area contributed by atoms with Crippen molar-refractivity contribution < 1.29 is 14.3 Å². The van der Waals surface area contributed by atoms with Crippen LogP contribution in [-0.4, -0.2) is 29.7 Å². The molecular weight excluding hydrogens is 338 g/mol. The van der Waals surface area contributed by atoms with Gasteiger partial charge in [0.05, 0.1) is 5.02 Å². The Morgan fingerprint density at radius 2 is 1.88 bits per heavy atom. The van der Waals surface area contributed by atoms with E-state index in [4.69, 9.17) is 21.1 Å². The third kappa shape index (κ3) is 3.59. The second-order valence-electron chi connectivity index (χ2n) is 6.58. The summed E-state index contributed by atoms with van der Waals surface area (Å²) in [5.41, 5.74) is 1.00. The molecule has 3 unspecified atom stereocenters. The highest BCUT2D eigenvalue weighted by atomic mass is 35.5. The molecule has 2 aromatic carbocycles. The van der Waals surface area contributed by atoms with Gasteiger partial charge in [0.2, 0.25) is 0 Å². The first-order chi connectivity index (χ1) is 12.2. The SMILES string of the molecule is O=C(OCc1ccccc1)N1CCC(Oc2ccccc2Cl)C2CC21. The summed E-state index contributed by atoms with van der Waals surface area (Å²) in [6.07, 6.45) is 1.65. The predicted molar refractivity (Wildman–Crippen MR) is 95.7 cm³/mol. The van der Waals surface area contributed by atoms with Crippen LogP contribution < -0.4 is 4.74 Å². The van der Waals surface area contributed by atoms with Gasteiger partial charge in [-0.05, 0) is 24.1 Å². The van der Waals surface area contributed by atoms with Crippen molar-refractivity contribution in [2.45, 2.75) is 31.6 Å². The monoisotopic (exact) mass is 357 g/mol. The minimum Gasteiger partial charge on any atom is -0.488 e. The van der Waals surface area contributed by atoms with E-state index in [1.165, 1.54) is 0 Å². The van der Waals surface area contributed by atoms with Crippen molar-refractivity contribution in [1.82, 2.24) is 4.90 Å². The molecule has 0 N–H and O–H groups in total. The molecule has 5 heteroatoms. The molecule has 0 bridgehead atoms. The highest BCUT2D eigenvalue weighted by Gasteiger charge is 2.53. The molecule has 2 aromatic rings. The van der Waals surface area contributed by atoms with Crippen LogP contribution >= 0.6 is 11.6 Å². The van der Waals surface area contributed by atoms with Gasteiger partial charge in [0.15, 0.2) is 0 Å². The number of piperidine rings is 1. The lowest BCUT2D eigenvalue weighted by atomic mass is 10.1. The number of fused-ring (bicyclic) bond motifs is 1. The first-order valence-electron chi connectivity index (χ1n) is 8.61. The molecular formula is C20H20ClNO3. The fourth-order valence-corrected chi connectivity index (χ4v) is 3.66. The van der Waals surface area contributed by atoms with E-state index < -0.39 is 0 Å². The van der Waals surface area contributed by atoms with Crippen LogP contribution in [0.3, 0.4) is 0 Å². The molecule has 130 valence electrons. The molecule has 1 saturated heterocycles. The quantitative estimate of drug-likeness (QED) is 0.807. The van der Waals surface area contributed by atoms with Gasteiger partial charge in [-0.15, -0.1) is 0 Å². The van der Waals surface area contributed by atoms with Gasteiger partial charge in [-0.2, -0.15) is 0 Å². The van der Waals surface area contributed by atoms with Crippen LogP contribution in [0.15, 0.2) is 54.6 Å². The number of amides is 1. The number of rotatable bonds is 4. The number of nitrogens with zero attached hydrogens (tertiary/aromatic N) is 1. The Hall–Kier alpha value is -2.20. The normalized spacial score (nSPS) is 24.4. The summed E-state index contributed by atoms with van der Waals surface area (Å²) in [7, 11) is 0. The van der Waals surface area contributed by atoms with E-state index in [0.717, 1.165) is 24.2 Å². The number of carbonyl (C=O) groups excluding carboxylic acids is 1. The molecule has 1 aliphatic carbocycles. The van der Waals surface area contributed by atoms with E-state index in [1.54, 1.807) is 0 Å².